The molecule has 0 spiro atoms. The summed E-state index contributed by atoms with van der Waals surface area (Å²) in [4.78, 5) is 23.2. The maximum Gasteiger partial charge on any atom is 0.433 e. The van der Waals surface area contributed by atoms with Crippen LogP contribution in [0.25, 0.3) is 0 Å². The van der Waals surface area contributed by atoms with Gasteiger partial charge in [0.05, 0.1) is 19.9 Å². The Morgan fingerprint density at radius 2 is 1.90 bits per heavy atom. The Bertz CT molecular complexity index is 476. The van der Waals surface area contributed by atoms with Crippen molar-refractivity contribution in [2.24, 2.45) is 0 Å². The van der Waals surface area contributed by atoms with Crippen LogP contribution in [0.4, 0.5) is 15.3 Å². The first-order valence-electron chi connectivity index (χ1n) is 6.36. The van der Waals surface area contributed by atoms with Crippen LogP contribution in [0, 0.1) is 0 Å². The lowest BCUT2D eigenvalue weighted by Gasteiger charge is -2.25. The normalized spacial score (nSPS) is 11.4. The molecule has 0 saturated carbocycles. The van der Waals surface area contributed by atoms with E-state index in [2.05, 4.69) is 17.1 Å². The number of ether oxygens (including phenoxy) is 2. The molecule has 0 fully saturated rings. The fourth-order valence-electron chi connectivity index (χ4n) is 1.76. The molecule has 6 nitrogen and oxygen atoms in total. The second-order valence-electron chi connectivity index (χ2n) is 4.28. The fourth-order valence-corrected chi connectivity index (χ4v) is 1.76. The molecule has 0 heterocycles. The minimum absolute atomic E-state index is 0.234. The van der Waals surface area contributed by atoms with Gasteiger partial charge in [-0.2, -0.15) is 5.01 Å². The summed E-state index contributed by atoms with van der Waals surface area (Å²) in [5, 5.41) is 1.05. The molecule has 0 aliphatic heterocycles. The zero-order valence-electron chi connectivity index (χ0n) is 12.2. The minimum atomic E-state index is -0.741. The Hall–Kier alpha value is -2.24. The highest BCUT2D eigenvalue weighted by Gasteiger charge is 2.23. The van der Waals surface area contributed by atoms with Gasteiger partial charge in [-0.3, -0.25) is 0 Å². The molecule has 0 radical (unpaired) electrons. The third-order valence-corrected chi connectivity index (χ3v) is 3.07. The summed E-state index contributed by atoms with van der Waals surface area (Å²) >= 11 is 0. The minimum Gasteiger partial charge on any atom is -0.452 e. The van der Waals surface area contributed by atoms with Gasteiger partial charge in [0.15, 0.2) is 0 Å². The second kappa shape index (κ2) is 7.37. The standard InChI is InChI=1S/C14H20N2O4/c1-5-10(2)11-8-6-7-9-12(11)16(14(18)20-4)15-13(17)19-3/h6-10H,5H2,1-4H3,(H,15,17). The third-order valence-electron chi connectivity index (χ3n) is 3.07. The number of nitrogens with zero attached hydrogens (tertiary/aromatic N) is 1. The van der Waals surface area contributed by atoms with Gasteiger partial charge in [-0.15, -0.1) is 0 Å². The molecule has 0 aliphatic carbocycles. The van der Waals surface area contributed by atoms with Crippen LogP contribution in [-0.4, -0.2) is 26.4 Å². The van der Waals surface area contributed by atoms with Crippen LogP contribution in [-0.2, 0) is 9.47 Å². The molecule has 110 valence electrons. The van der Waals surface area contributed by atoms with Gasteiger partial charge in [-0.25, -0.2) is 15.0 Å². The maximum absolute atomic E-state index is 11.9. The monoisotopic (exact) mass is 280 g/mol. The number of hydrogen-bond donors (Lipinski definition) is 1. The van der Waals surface area contributed by atoms with Crippen LogP contribution in [0.1, 0.15) is 31.7 Å². The number of hydrogen-bond acceptors (Lipinski definition) is 4. The Morgan fingerprint density at radius 1 is 1.25 bits per heavy atom. The van der Waals surface area contributed by atoms with Gasteiger partial charge in [0.2, 0.25) is 0 Å². The topological polar surface area (TPSA) is 67.9 Å². The predicted molar refractivity (Wildman–Crippen MR) is 75.6 cm³/mol. The lowest BCUT2D eigenvalue weighted by Crippen LogP contribution is -2.47. The van der Waals surface area contributed by atoms with Crippen LogP contribution >= 0.6 is 0 Å². The summed E-state index contributed by atoms with van der Waals surface area (Å²) < 4.78 is 9.22. The summed E-state index contributed by atoms with van der Waals surface area (Å²) in [5.41, 5.74) is 3.86. The van der Waals surface area contributed by atoms with E-state index in [1.807, 2.05) is 19.1 Å². The van der Waals surface area contributed by atoms with Gasteiger partial charge in [0.1, 0.15) is 0 Å². The average Bonchev–Trinajstić information content (AvgIpc) is 2.50. The van der Waals surface area contributed by atoms with Crippen molar-refractivity contribution in [2.75, 3.05) is 19.2 Å². The Labute approximate surface area is 118 Å². The molecule has 1 N–H and O–H groups in total. The second-order valence-corrected chi connectivity index (χ2v) is 4.28. The van der Waals surface area contributed by atoms with Crippen LogP contribution in [0.2, 0.25) is 0 Å². The molecule has 2 amide bonds. The van der Waals surface area contributed by atoms with E-state index in [9.17, 15) is 9.59 Å². The Kier molecular flexibility index (Phi) is 5.83. The zero-order chi connectivity index (χ0) is 15.1. The van der Waals surface area contributed by atoms with E-state index in [0.29, 0.717) is 5.69 Å². The quantitative estimate of drug-likeness (QED) is 0.864. The zero-order valence-corrected chi connectivity index (χ0v) is 12.2. The molecule has 20 heavy (non-hydrogen) atoms. The van der Waals surface area contributed by atoms with Crippen molar-refractivity contribution in [1.82, 2.24) is 5.43 Å². The van der Waals surface area contributed by atoms with Crippen LogP contribution in [0.3, 0.4) is 0 Å². The number of nitrogens with one attached hydrogen (secondary N) is 1. The number of benzene rings is 1. The summed E-state index contributed by atoms with van der Waals surface area (Å²) in [5.74, 6) is 0.234. The van der Waals surface area contributed by atoms with Crippen LogP contribution in [0.15, 0.2) is 24.3 Å². The number of carbonyl (C=O) groups is 2. The molecule has 0 saturated heterocycles. The number of hydrazine groups is 1. The van der Waals surface area contributed by atoms with E-state index >= 15 is 0 Å². The third kappa shape index (κ3) is 3.63. The number of methoxy groups -OCH3 is 2. The number of rotatable bonds is 3. The first-order chi connectivity index (χ1) is 9.54. The van der Waals surface area contributed by atoms with Crippen molar-refractivity contribution in [2.45, 2.75) is 26.2 Å². The summed E-state index contributed by atoms with van der Waals surface area (Å²) in [6.07, 6.45) is -0.523. The maximum atomic E-state index is 11.9. The van der Waals surface area contributed by atoms with Crippen molar-refractivity contribution >= 4 is 17.9 Å². The SMILES string of the molecule is CCC(C)c1ccccc1N(NC(=O)OC)C(=O)OC. The lowest BCUT2D eigenvalue weighted by atomic mass is 9.97. The highest BCUT2D eigenvalue weighted by atomic mass is 16.6. The highest BCUT2D eigenvalue weighted by molar-refractivity contribution is 5.91. The first-order valence-corrected chi connectivity index (χ1v) is 6.36. The van der Waals surface area contributed by atoms with Gasteiger partial charge in [-0.1, -0.05) is 32.0 Å². The fraction of sp³-hybridized carbons (Fsp3) is 0.429. The van der Waals surface area contributed by atoms with E-state index < -0.39 is 12.2 Å². The van der Waals surface area contributed by atoms with E-state index in [1.54, 1.807) is 12.1 Å². The van der Waals surface area contributed by atoms with E-state index in [-0.39, 0.29) is 5.92 Å². The molecule has 0 bridgehead atoms. The summed E-state index contributed by atoms with van der Waals surface area (Å²) in [6.45, 7) is 4.10. The average molecular weight is 280 g/mol. The van der Waals surface area contributed by atoms with Gasteiger partial charge in [-0.05, 0) is 24.0 Å². The molecule has 6 heteroatoms. The van der Waals surface area contributed by atoms with Gasteiger partial charge in [0, 0.05) is 0 Å². The van der Waals surface area contributed by atoms with Crippen molar-refractivity contribution in [1.29, 1.82) is 0 Å². The van der Waals surface area contributed by atoms with Crippen molar-refractivity contribution < 1.29 is 19.1 Å². The molecule has 1 aromatic carbocycles. The number of carbonyl (C=O) groups excluding carboxylic acids is 2. The molecule has 1 rings (SSSR count). The smallest absolute Gasteiger partial charge is 0.433 e. The van der Waals surface area contributed by atoms with Crippen molar-refractivity contribution in [3.63, 3.8) is 0 Å². The van der Waals surface area contributed by atoms with Crippen molar-refractivity contribution in [3.05, 3.63) is 29.8 Å². The Morgan fingerprint density at radius 3 is 2.45 bits per heavy atom. The van der Waals surface area contributed by atoms with Crippen molar-refractivity contribution in [3.8, 4) is 0 Å². The summed E-state index contributed by atoms with van der Waals surface area (Å²) in [6, 6.07) is 7.33. The molecule has 1 unspecified atom stereocenters. The first kappa shape index (κ1) is 15.8. The number of anilines is 1. The predicted octanol–water partition coefficient (Wildman–Crippen LogP) is 3.04. The van der Waals surface area contributed by atoms with E-state index in [0.717, 1.165) is 17.0 Å². The van der Waals surface area contributed by atoms with Crippen LogP contribution < -0.4 is 10.4 Å². The lowest BCUT2D eigenvalue weighted by molar-refractivity contribution is 0.157. The molecular formula is C14H20N2O4. The number of para-hydroxylation sites is 1. The van der Waals surface area contributed by atoms with Gasteiger partial charge >= 0.3 is 12.2 Å². The number of amides is 2. The molecular weight excluding hydrogens is 260 g/mol. The molecule has 0 aliphatic rings. The molecule has 0 aromatic heterocycles. The Balaban J connectivity index is 3.19. The highest BCUT2D eigenvalue weighted by Crippen LogP contribution is 2.29. The largest absolute Gasteiger partial charge is 0.452 e. The van der Waals surface area contributed by atoms with Gasteiger partial charge < -0.3 is 9.47 Å². The van der Waals surface area contributed by atoms with E-state index in [1.165, 1.54) is 14.2 Å². The summed E-state index contributed by atoms with van der Waals surface area (Å²) in [7, 11) is 2.48. The molecule has 1 aromatic rings. The van der Waals surface area contributed by atoms with Crippen LogP contribution in [0.5, 0.6) is 0 Å². The molecule has 1 atom stereocenters. The van der Waals surface area contributed by atoms with Gasteiger partial charge in [0.25, 0.3) is 0 Å². The van der Waals surface area contributed by atoms with E-state index in [4.69, 9.17) is 4.74 Å².